The molecule has 2 N–H and O–H groups in total. The largest absolute Gasteiger partial charge is 0.491 e. The van der Waals surface area contributed by atoms with E-state index in [1.54, 1.807) is 0 Å². The van der Waals surface area contributed by atoms with Gasteiger partial charge in [0.05, 0.1) is 23.7 Å². The van der Waals surface area contributed by atoms with E-state index in [-0.39, 0.29) is 6.10 Å². The number of ether oxygens (including phenoxy) is 1. The maximum atomic E-state index is 5.87. The maximum absolute atomic E-state index is 5.87. The van der Waals surface area contributed by atoms with Crippen molar-refractivity contribution in [1.29, 1.82) is 0 Å². The topological polar surface area (TPSA) is 49.9 Å². The van der Waals surface area contributed by atoms with Crippen molar-refractivity contribution in [2.75, 3.05) is 0 Å². The lowest BCUT2D eigenvalue weighted by molar-refractivity contribution is 0.239. The molecule has 0 radical (unpaired) electrons. The lowest BCUT2D eigenvalue weighted by Crippen LogP contribution is -2.16. The second-order valence-electron chi connectivity index (χ2n) is 5.72. The van der Waals surface area contributed by atoms with Crippen LogP contribution in [-0.4, -0.2) is 16.1 Å². The zero-order chi connectivity index (χ0) is 16.2. The molecule has 1 aromatic heterocycles. The van der Waals surface area contributed by atoms with Crippen LogP contribution in [0.5, 0.6) is 5.75 Å². The van der Waals surface area contributed by atoms with E-state index in [1.807, 2.05) is 50.2 Å². The van der Waals surface area contributed by atoms with Crippen LogP contribution in [0.3, 0.4) is 0 Å². The fourth-order valence-electron chi connectivity index (χ4n) is 2.46. The molecule has 0 saturated heterocycles. The Morgan fingerprint density at radius 3 is 2.78 bits per heavy atom. The third-order valence-electron chi connectivity index (χ3n) is 3.43. The highest BCUT2D eigenvalue weighted by Crippen LogP contribution is 2.24. The molecule has 0 atom stereocenters. The van der Waals surface area contributed by atoms with Gasteiger partial charge in [-0.2, -0.15) is 0 Å². The normalized spacial score (nSPS) is 11.3. The molecule has 0 spiro atoms. The summed E-state index contributed by atoms with van der Waals surface area (Å²) in [4.78, 5) is 7.90. The summed E-state index contributed by atoms with van der Waals surface area (Å²) in [6.07, 6.45) is 0.158. The molecule has 4 nitrogen and oxygen atoms in total. The first-order valence-corrected chi connectivity index (χ1v) is 8.50. The summed E-state index contributed by atoms with van der Waals surface area (Å²) in [5.74, 6) is 1.85. The van der Waals surface area contributed by atoms with Gasteiger partial charge in [0.25, 0.3) is 0 Å². The number of H-pyrrole nitrogens is 1. The van der Waals surface area contributed by atoms with E-state index >= 15 is 0 Å². The Morgan fingerprint density at radius 1 is 1.17 bits per heavy atom. The summed E-state index contributed by atoms with van der Waals surface area (Å²) < 4.78 is 6.92. The Labute approximate surface area is 144 Å². The Bertz CT molecular complexity index is 765. The van der Waals surface area contributed by atoms with Crippen molar-refractivity contribution < 1.29 is 4.74 Å². The number of halogens is 1. The van der Waals surface area contributed by atoms with Crippen molar-refractivity contribution in [3.63, 3.8) is 0 Å². The second kappa shape index (κ2) is 7.15. The highest BCUT2D eigenvalue weighted by molar-refractivity contribution is 9.10. The van der Waals surface area contributed by atoms with Gasteiger partial charge in [-0.05, 0) is 44.2 Å². The molecule has 0 amide bonds. The van der Waals surface area contributed by atoms with Gasteiger partial charge in [0.2, 0.25) is 0 Å². The quantitative estimate of drug-likeness (QED) is 0.672. The fourth-order valence-corrected chi connectivity index (χ4v) is 2.87. The summed E-state index contributed by atoms with van der Waals surface area (Å²) >= 11 is 3.52. The maximum Gasteiger partial charge on any atom is 0.124 e. The van der Waals surface area contributed by atoms with Gasteiger partial charge in [0.1, 0.15) is 11.6 Å². The fraction of sp³-hybridized carbons (Fsp3) is 0.278. The van der Waals surface area contributed by atoms with Crippen molar-refractivity contribution in [3.8, 4) is 5.75 Å². The number of nitrogens with zero attached hydrogens (tertiary/aromatic N) is 1. The number of imidazole rings is 1. The lowest BCUT2D eigenvalue weighted by atomic mass is 10.2. The Morgan fingerprint density at radius 2 is 2.00 bits per heavy atom. The number of aromatic nitrogens is 2. The van der Waals surface area contributed by atoms with Crippen molar-refractivity contribution in [3.05, 3.63) is 58.3 Å². The van der Waals surface area contributed by atoms with Crippen LogP contribution in [0.1, 0.15) is 25.2 Å². The van der Waals surface area contributed by atoms with Crippen LogP contribution in [0.25, 0.3) is 11.0 Å². The van der Waals surface area contributed by atoms with E-state index < -0.39 is 0 Å². The second-order valence-corrected chi connectivity index (χ2v) is 6.64. The van der Waals surface area contributed by atoms with E-state index in [2.05, 4.69) is 37.3 Å². The van der Waals surface area contributed by atoms with Gasteiger partial charge in [-0.25, -0.2) is 4.98 Å². The van der Waals surface area contributed by atoms with Crippen LogP contribution in [0.2, 0.25) is 0 Å². The SMILES string of the molecule is CC(C)Oc1ccc(Br)cc1CNCc1nc2ccccc2[nH]1. The molecule has 120 valence electrons. The van der Waals surface area contributed by atoms with E-state index in [1.165, 1.54) is 0 Å². The van der Waals surface area contributed by atoms with Crippen molar-refractivity contribution in [2.24, 2.45) is 0 Å². The number of aromatic amines is 1. The predicted octanol–water partition coefficient (Wildman–Crippen LogP) is 4.40. The van der Waals surface area contributed by atoms with Gasteiger partial charge in [-0.1, -0.05) is 28.1 Å². The van der Waals surface area contributed by atoms with Gasteiger partial charge < -0.3 is 15.0 Å². The van der Waals surface area contributed by atoms with Crippen LogP contribution in [0.15, 0.2) is 46.9 Å². The van der Waals surface area contributed by atoms with E-state index in [4.69, 9.17) is 4.74 Å². The minimum atomic E-state index is 0.158. The highest BCUT2D eigenvalue weighted by atomic mass is 79.9. The molecule has 2 aromatic carbocycles. The van der Waals surface area contributed by atoms with Crippen LogP contribution in [-0.2, 0) is 13.1 Å². The summed E-state index contributed by atoms with van der Waals surface area (Å²) in [5.41, 5.74) is 3.19. The molecule has 3 aromatic rings. The molecule has 0 saturated carbocycles. The number of hydrogen-bond donors (Lipinski definition) is 2. The average Bonchev–Trinajstić information content (AvgIpc) is 2.92. The lowest BCUT2D eigenvalue weighted by Gasteiger charge is -2.15. The molecule has 0 aliphatic rings. The molecule has 1 heterocycles. The van der Waals surface area contributed by atoms with E-state index in [0.29, 0.717) is 6.54 Å². The van der Waals surface area contributed by atoms with Crippen LogP contribution >= 0.6 is 15.9 Å². The van der Waals surface area contributed by atoms with Gasteiger partial charge in [-0.15, -0.1) is 0 Å². The standard InChI is InChI=1S/C18H20BrN3O/c1-12(2)23-17-8-7-14(19)9-13(17)10-20-11-18-21-15-5-3-4-6-16(15)22-18/h3-9,12,20H,10-11H2,1-2H3,(H,21,22). The van der Waals surface area contributed by atoms with Gasteiger partial charge >= 0.3 is 0 Å². The number of rotatable bonds is 6. The molecule has 5 heteroatoms. The Balaban J connectivity index is 1.67. The van der Waals surface area contributed by atoms with E-state index in [9.17, 15) is 0 Å². The molecule has 23 heavy (non-hydrogen) atoms. The summed E-state index contributed by atoms with van der Waals surface area (Å²) in [5, 5.41) is 3.43. The number of benzene rings is 2. The Hall–Kier alpha value is -1.85. The van der Waals surface area contributed by atoms with E-state index in [0.717, 1.165) is 39.2 Å². The van der Waals surface area contributed by atoms with Crippen molar-refractivity contribution in [1.82, 2.24) is 15.3 Å². The van der Waals surface area contributed by atoms with Crippen LogP contribution in [0.4, 0.5) is 0 Å². The first-order chi connectivity index (χ1) is 11.1. The number of fused-ring (bicyclic) bond motifs is 1. The molecular weight excluding hydrogens is 354 g/mol. The molecule has 0 fully saturated rings. The summed E-state index contributed by atoms with van der Waals surface area (Å²) in [7, 11) is 0. The number of nitrogens with one attached hydrogen (secondary N) is 2. The van der Waals surface area contributed by atoms with Crippen LogP contribution < -0.4 is 10.1 Å². The van der Waals surface area contributed by atoms with Crippen molar-refractivity contribution in [2.45, 2.75) is 33.0 Å². The van der Waals surface area contributed by atoms with Crippen LogP contribution in [0, 0.1) is 0 Å². The molecule has 0 aliphatic carbocycles. The van der Waals surface area contributed by atoms with Gasteiger partial charge in [0, 0.05) is 16.6 Å². The number of para-hydroxylation sites is 2. The third kappa shape index (κ3) is 4.12. The van der Waals surface area contributed by atoms with Gasteiger partial charge in [0.15, 0.2) is 0 Å². The average molecular weight is 374 g/mol. The third-order valence-corrected chi connectivity index (χ3v) is 3.92. The molecule has 3 rings (SSSR count). The smallest absolute Gasteiger partial charge is 0.124 e. The summed E-state index contributed by atoms with van der Waals surface area (Å²) in [6, 6.07) is 14.1. The predicted molar refractivity (Wildman–Crippen MR) is 96.5 cm³/mol. The Kier molecular flexibility index (Phi) is 4.98. The highest BCUT2D eigenvalue weighted by Gasteiger charge is 2.07. The number of hydrogen-bond acceptors (Lipinski definition) is 3. The molecular formula is C18H20BrN3O. The van der Waals surface area contributed by atoms with Gasteiger partial charge in [-0.3, -0.25) is 0 Å². The van der Waals surface area contributed by atoms with Crippen molar-refractivity contribution >= 4 is 27.0 Å². The monoisotopic (exact) mass is 373 g/mol. The summed E-state index contributed by atoms with van der Waals surface area (Å²) in [6.45, 7) is 5.47. The first-order valence-electron chi connectivity index (χ1n) is 7.71. The molecule has 0 bridgehead atoms. The first kappa shape index (κ1) is 16.0. The zero-order valence-corrected chi connectivity index (χ0v) is 14.9. The minimum Gasteiger partial charge on any atom is -0.491 e. The zero-order valence-electron chi connectivity index (χ0n) is 13.3. The molecule has 0 aliphatic heterocycles. The molecule has 0 unspecified atom stereocenters. The minimum absolute atomic E-state index is 0.158.